The van der Waals surface area contributed by atoms with Gasteiger partial charge in [0.05, 0.1) is 11.2 Å². The van der Waals surface area contributed by atoms with Gasteiger partial charge in [-0.2, -0.15) is 0 Å². The monoisotopic (exact) mass is 351 g/mol. The fraction of sp³-hybridized carbons (Fsp3) is 0.0500. The summed E-state index contributed by atoms with van der Waals surface area (Å²) in [5, 5.41) is 0.884. The molecule has 0 aliphatic rings. The number of halogens is 3. The van der Waals surface area contributed by atoms with Crippen molar-refractivity contribution < 1.29 is 13.2 Å². The molecule has 0 aliphatic carbocycles. The van der Waals surface area contributed by atoms with Crippen LogP contribution >= 0.6 is 0 Å². The van der Waals surface area contributed by atoms with Gasteiger partial charge in [0, 0.05) is 23.2 Å². The van der Waals surface area contributed by atoms with Gasteiger partial charge >= 0.3 is 0 Å². The van der Waals surface area contributed by atoms with E-state index in [1.807, 2.05) is 24.3 Å². The van der Waals surface area contributed by atoms with Crippen LogP contribution in [0.25, 0.3) is 33.7 Å². The first-order valence-electron chi connectivity index (χ1n) is 7.87. The number of hydrogen-bond donors (Lipinski definition) is 0. The van der Waals surface area contributed by atoms with Crippen molar-refractivity contribution in [1.82, 2.24) is 15.0 Å². The van der Waals surface area contributed by atoms with Gasteiger partial charge in [-0.05, 0) is 30.7 Å². The Morgan fingerprint density at radius 1 is 0.808 bits per heavy atom. The molecule has 128 valence electrons. The number of rotatable bonds is 2. The van der Waals surface area contributed by atoms with Crippen LogP contribution in [0, 0.1) is 24.4 Å². The largest absolute Gasteiger partial charge is 0.244 e. The van der Waals surface area contributed by atoms with Gasteiger partial charge in [-0.1, -0.05) is 24.3 Å². The Morgan fingerprint density at radius 2 is 1.58 bits per heavy atom. The van der Waals surface area contributed by atoms with Crippen molar-refractivity contribution in [3.05, 3.63) is 77.7 Å². The van der Waals surface area contributed by atoms with Crippen molar-refractivity contribution in [2.75, 3.05) is 0 Å². The highest BCUT2D eigenvalue weighted by molar-refractivity contribution is 5.79. The Balaban J connectivity index is 1.87. The molecule has 3 nitrogen and oxygen atoms in total. The molecule has 0 fully saturated rings. The van der Waals surface area contributed by atoms with Crippen molar-refractivity contribution in [3.8, 4) is 22.8 Å². The summed E-state index contributed by atoms with van der Waals surface area (Å²) in [5.41, 5.74) is 1.90. The van der Waals surface area contributed by atoms with E-state index < -0.39 is 17.5 Å². The predicted molar refractivity (Wildman–Crippen MR) is 92.8 cm³/mol. The number of aryl methyl sites for hydroxylation is 1. The zero-order valence-electron chi connectivity index (χ0n) is 13.7. The summed E-state index contributed by atoms with van der Waals surface area (Å²) in [6, 6.07) is 12.3. The summed E-state index contributed by atoms with van der Waals surface area (Å²) in [7, 11) is 0. The summed E-state index contributed by atoms with van der Waals surface area (Å²) in [6.45, 7) is 1.72. The van der Waals surface area contributed by atoms with E-state index in [4.69, 9.17) is 0 Å². The average molecular weight is 351 g/mol. The first-order chi connectivity index (χ1) is 12.5. The quantitative estimate of drug-likeness (QED) is 0.473. The second-order valence-electron chi connectivity index (χ2n) is 5.86. The molecule has 2 heterocycles. The van der Waals surface area contributed by atoms with E-state index >= 15 is 0 Å². The van der Waals surface area contributed by atoms with Crippen molar-refractivity contribution in [2.24, 2.45) is 0 Å². The molecule has 0 spiro atoms. The number of pyridine rings is 1. The van der Waals surface area contributed by atoms with Crippen molar-refractivity contribution in [3.63, 3.8) is 0 Å². The zero-order valence-corrected chi connectivity index (χ0v) is 13.7. The zero-order chi connectivity index (χ0) is 18.3. The van der Waals surface area contributed by atoms with E-state index in [-0.39, 0.29) is 11.3 Å². The molecule has 2 aromatic carbocycles. The fourth-order valence-electron chi connectivity index (χ4n) is 2.73. The Hall–Kier alpha value is -3.28. The number of nitrogens with zero attached hydrogens (tertiary/aromatic N) is 3. The van der Waals surface area contributed by atoms with Crippen molar-refractivity contribution in [1.29, 1.82) is 0 Å². The van der Waals surface area contributed by atoms with E-state index in [2.05, 4.69) is 15.0 Å². The van der Waals surface area contributed by atoms with E-state index in [0.717, 1.165) is 17.0 Å². The molecule has 0 aliphatic heterocycles. The third-order valence-electron chi connectivity index (χ3n) is 4.08. The lowest BCUT2D eigenvalue weighted by Gasteiger charge is -2.09. The standard InChI is InChI=1S/C20H12F3N3/c1-11-6-7-18(20-24-10-12-4-2-3-5-17(12)26-20)25-19(11)13-8-15(22)16(23)9-14(13)21/h2-10H,1H3. The molecule has 0 amide bonds. The second-order valence-corrected chi connectivity index (χ2v) is 5.86. The van der Waals surface area contributed by atoms with Gasteiger partial charge < -0.3 is 0 Å². The lowest BCUT2D eigenvalue weighted by Crippen LogP contribution is -1.99. The maximum atomic E-state index is 14.2. The summed E-state index contributed by atoms with van der Waals surface area (Å²) < 4.78 is 41.0. The molecule has 0 saturated carbocycles. The number of para-hydroxylation sites is 1. The lowest BCUT2D eigenvalue weighted by molar-refractivity contribution is 0.496. The minimum absolute atomic E-state index is 0.107. The minimum atomic E-state index is -1.24. The molecule has 0 bridgehead atoms. The Bertz CT molecular complexity index is 1140. The molecule has 2 aromatic heterocycles. The Morgan fingerprint density at radius 3 is 2.42 bits per heavy atom. The Labute approximate surface area is 147 Å². The number of benzene rings is 2. The normalized spacial score (nSPS) is 11.1. The topological polar surface area (TPSA) is 38.7 Å². The van der Waals surface area contributed by atoms with E-state index in [9.17, 15) is 13.2 Å². The first kappa shape index (κ1) is 16.2. The molecule has 4 aromatic rings. The van der Waals surface area contributed by atoms with Crippen LogP contribution in [0.3, 0.4) is 0 Å². The van der Waals surface area contributed by atoms with Crippen LogP contribution in [0.1, 0.15) is 5.56 Å². The highest BCUT2D eigenvalue weighted by atomic mass is 19.2. The van der Waals surface area contributed by atoms with Crippen LogP contribution in [0.4, 0.5) is 13.2 Å². The lowest BCUT2D eigenvalue weighted by atomic mass is 10.0. The van der Waals surface area contributed by atoms with Crippen LogP contribution in [0.15, 0.2) is 54.7 Å². The maximum absolute atomic E-state index is 14.2. The van der Waals surface area contributed by atoms with Gasteiger partial charge in [0.25, 0.3) is 0 Å². The fourth-order valence-corrected chi connectivity index (χ4v) is 2.73. The molecule has 0 N–H and O–H groups in total. The molecule has 0 unspecified atom stereocenters. The molecular weight excluding hydrogens is 339 g/mol. The molecule has 4 rings (SSSR count). The second kappa shape index (κ2) is 6.22. The first-order valence-corrected chi connectivity index (χ1v) is 7.87. The molecule has 0 atom stereocenters. The van der Waals surface area contributed by atoms with Crippen LogP contribution in [0.2, 0.25) is 0 Å². The highest BCUT2D eigenvalue weighted by Gasteiger charge is 2.16. The summed E-state index contributed by atoms with van der Waals surface area (Å²) >= 11 is 0. The van der Waals surface area contributed by atoms with Gasteiger partial charge in [-0.3, -0.25) is 0 Å². The van der Waals surface area contributed by atoms with Gasteiger partial charge in [-0.25, -0.2) is 28.1 Å². The summed E-state index contributed by atoms with van der Waals surface area (Å²) in [6.07, 6.45) is 1.68. The third kappa shape index (κ3) is 2.79. The predicted octanol–water partition coefficient (Wildman–Crippen LogP) is 5.08. The van der Waals surface area contributed by atoms with E-state index in [0.29, 0.717) is 23.1 Å². The van der Waals surface area contributed by atoms with Gasteiger partial charge in [0.15, 0.2) is 17.5 Å². The van der Waals surface area contributed by atoms with Crippen molar-refractivity contribution >= 4 is 10.9 Å². The van der Waals surface area contributed by atoms with Gasteiger partial charge in [0.1, 0.15) is 11.5 Å². The number of hydrogen-bond acceptors (Lipinski definition) is 3. The summed E-state index contributed by atoms with van der Waals surface area (Å²) in [4.78, 5) is 13.2. The molecular formula is C20H12F3N3. The molecule has 0 saturated heterocycles. The Kier molecular flexibility index (Phi) is 3.88. The molecule has 6 heteroatoms. The third-order valence-corrected chi connectivity index (χ3v) is 4.08. The summed E-state index contributed by atoms with van der Waals surface area (Å²) in [5.74, 6) is -2.88. The average Bonchev–Trinajstić information content (AvgIpc) is 2.65. The molecule has 0 radical (unpaired) electrons. The van der Waals surface area contributed by atoms with Crippen LogP contribution in [0.5, 0.6) is 0 Å². The minimum Gasteiger partial charge on any atom is -0.244 e. The molecule has 26 heavy (non-hydrogen) atoms. The van der Waals surface area contributed by atoms with Crippen LogP contribution < -0.4 is 0 Å². The van der Waals surface area contributed by atoms with Gasteiger partial charge in [-0.15, -0.1) is 0 Å². The smallest absolute Gasteiger partial charge is 0.178 e. The van der Waals surface area contributed by atoms with E-state index in [1.165, 1.54) is 0 Å². The highest BCUT2D eigenvalue weighted by Crippen LogP contribution is 2.28. The van der Waals surface area contributed by atoms with Crippen molar-refractivity contribution in [2.45, 2.75) is 6.92 Å². The van der Waals surface area contributed by atoms with Crippen LogP contribution in [-0.4, -0.2) is 15.0 Å². The van der Waals surface area contributed by atoms with Gasteiger partial charge in [0.2, 0.25) is 0 Å². The number of aromatic nitrogens is 3. The number of fused-ring (bicyclic) bond motifs is 1. The van der Waals surface area contributed by atoms with Crippen LogP contribution in [-0.2, 0) is 0 Å². The van der Waals surface area contributed by atoms with E-state index in [1.54, 1.807) is 25.3 Å². The maximum Gasteiger partial charge on any atom is 0.178 e. The SMILES string of the molecule is Cc1ccc(-c2ncc3ccccc3n2)nc1-c1cc(F)c(F)cc1F.